The molecule has 6 nitrogen and oxygen atoms in total. The van der Waals surface area contributed by atoms with Gasteiger partial charge in [0, 0.05) is 12.3 Å². The molecule has 6 heteroatoms. The highest BCUT2D eigenvalue weighted by atomic mass is 16.6. The number of rotatable bonds is 7. The van der Waals surface area contributed by atoms with Crippen molar-refractivity contribution in [3.8, 4) is 0 Å². The summed E-state index contributed by atoms with van der Waals surface area (Å²) in [6.45, 7) is 8.79. The molecule has 0 aliphatic rings. The molecule has 2 atom stereocenters. The van der Waals surface area contributed by atoms with E-state index in [0.717, 1.165) is 0 Å². The quantitative estimate of drug-likeness (QED) is 0.695. The van der Waals surface area contributed by atoms with Crippen LogP contribution in [0.2, 0.25) is 0 Å². The summed E-state index contributed by atoms with van der Waals surface area (Å²) in [7, 11) is 0. The van der Waals surface area contributed by atoms with Crippen LogP contribution in [-0.2, 0) is 19.1 Å². The van der Waals surface area contributed by atoms with E-state index in [4.69, 9.17) is 9.84 Å². The zero-order valence-electron chi connectivity index (χ0n) is 12.9. The number of amides is 1. The second-order valence-electron chi connectivity index (χ2n) is 5.83. The van der Waals surface area contributed by atoms with Crippen molar-refractivity contribution < 1.29 is 24.2 Å². The molecule has 0 aromatic rings. The minimum Gasteiger partial charge on any atom is -0.480 e. The number of carbonyl (C=O) groups excluding carboxylic acids is 2. The largest absolute Gasteiger partial charge is 0.480 e. The number of nitrogens with one attached hydrogen (secondary N) is 1. The van der Waals surface area contributed by atoms with Crippen LogP contribution < -0.4 is 5.32 Å². The smallest absolute Gasteiger partial charge is 0.326 e. The first-order valence-electron chi connectivity index (χ1n) is 6.81. The fourth-order valence-electron chi connectivity index (χ4n) is 1.41. The van der Waals surface area contributed by atoms with Crippen molar-refractivity contribution in [2.45, 2.75) is 65.5 Å². The minimum absolute atomic E-state index is 0.0203. The standard InChI is InChI=1S/C14H25NO5/c1-6-9(2)12(17)15-10(13(18)19)7-8-11(16)20-14(3,4)5/h9-10H,6-8H2,1-5H3,(H,15,17)(H,18,19)/t9?,10-/m1/s1. The molecule has 0 fully saturated rings. The SMILES string of the molecule is CCC(C)C(=O)N[C@H](CCC(=O)OC(C)(C)C)C(=O)O. The van der Waals surface area contributed by atoms with Crippen molar-refractivity contribution in [2.75, 3.05) is 0 Å². The summed E-state index contributed by atoms with van der Waals surface area (Å²) in [5, 5.41) is 11.5. The van der Waals surface area contributed by atoms with Crippen LogP contribution in [0.25, 0.3) is 0 Å². The molecule has 0 aliphatic carbocycles. The van der Waals surface area contributed by atoms with Crippen LogP contribution in [0, 0.1) is 5.92 Å². The number of hydrogen-bond acceptors (Lipinski definition) is 4. The molecule has 0 bridgehead atoms. The van der Waals surface area contributed by atoms with Gasteiger partial charge in [0.15, 0.2) is 0 Å². The highest BCUT2D eigenvalue weighted by Gasteiger charge is 2.24. The van der Waals surface area contributed by atoms with E-state index in [9.17, 15) is 14.4 Å². The van der Waals surface area contributed by atoms with E-state index < -0.39 is 23.6 Å². The van der Waals surface area contributed by atoms with Gasteiger partial charge in [-0.1, -0.05) is 13.8 Å². The summed E-state index contributed by atoms with van der Waals surface area (Å²) in [5.41, 5.74) is -0.601. The van der Waals surface area contributed by atoms with Crippen molar-refractivity contribution in [2.24, 2.45) is 5.92 Å². The van der Waals surface area contributed by atoms with Gasteiger partial charge in [-0.2, -0.15) is 0 Å². The molecule has 20 heavy (non-hydrogen) atoms. The van der Waals surface area contributed by atoms with Crippen molar-refractivity contribution in [1.82, 2.24) is 5.32 Å². The third-order valence-corrected chi connectivity index (χ3v) is 2.73. The van der Waals surface area contributed by atoms with Crippen LogP contribution in [0.15, 0.2) is 0 Å². The summed E-state index contributed by atoms with van der Waals surface area (Å²) in [4.78, 5) is 34.3. The Bertz CT molecular complexity index is 359. The number of hydrogen-bond donors (Lipinski definition) is 2. The predicted molar refractivity (Wildman–Crippen MR) is 74.1 cm³/mol. The summed E-state index contributed by atoms with van der Waals surface area (Å²) in [6.07, 6.45) is 0.603. The second kappa shape index (κ2) is 7.87. The Balaban J connectivity index is 4.40. The first kappa shape index (κ1) is 18.4. The Hall–Kier alpha value is -1.59. The van der Waals surface area contributed by atoms with Gasteiger partial charge in [0.25, 0.3) is 0 Å². The monoisotopic (exact) mass is 287 g/mol. The lowest BCUT2D eigenvalue weighted by atomic mass is 10.1. The zero-order valence-corrected chi connectivity index (χ0v) is 12.9. The normalized spacial score (nSPS) is 14.2. The van der Waals surface area contributed by atoms with Gasteiger partial charge >= 0.3 is 11.9 Å². The molecule has 116 valence electrons. The molecule has 0 spiro atoms. The third-order valence-electron chi connectivity index (χ3n) is 2.73. The maximum atomic E-state index is 11.7. The van der Waals surface area contributed by atoms with Crippen LogP contribution in [0.5, 0.6) is 0 Å². The van der Waals surface area contributed by atoms with Crippen molar-refractivity contribution in [3.63, 3.8) is 0 Å². The van der Waals surface area contributed by atoms with Crippen LogP contribution in [0.4, 0.5) is 0 Å². The molecular formula is C14H25NO5. The lowest BCUT2D eigenvalue weighted by molar-refractivity contribution is -0.155. The van der Waals surface area contributed by atoms with Crippen molar-refractivity contribution in [3.05, 3.63) is 0 Å². The van der Waals surface area contributed by atoms with Gasteiger partial charge in [-0.25, -0.2) is 4.79 Å². The molecule has 1 amide bonds. The summed E-state index contributed by atoms with van der Waals surface area (Å²) in [6, 6.07) is -1.07. The van der Waals surface area contributed by atoms with E-state index in [1.54, 1.807) is 27.7 Å². The lowest BCUT2D eigenvalue weighted by Gasteiger charge is -2.21. The van der Waals surface area contributed by atoms with E-state index in [1.807, 2.05) is 6.92 Å². The fraction of sp³-hybridized carbons (Fsp3) is 0.786. The van der Waals surface area contributed by atoms with Gasteiger partial charge in [0.05, 0.1) is 0 Å². The number of carboxylic acid groups (broad SMARTS) is 1. The summed E-state index contributed by atoms with van der Waals surface area (Å²) >= 11 is 0. The maximum absolute atomic E-state index is 11.7. The molecule has 0 aliphatic heterocycles. The number of carbonyl (C=O) groups is 3. The average Bonchev–Trinajstić information content (AvgIpc) is 2.30. The van der Waals surface area contributed by atoms with E-state index in [1.165, 1.54) is 0 Å². The zero-order chi connectivity index (χ0) is 15.9. The van der Waals surface area contributed by atoms with Crippen LogP contribution in [-0.4, -0.2) is 34.6 Å². The third kappa shape index (κ3) is 7.76. The lowest BCUT2D eigenvalue weighted by Crippen LogP contribution is -2.43. The van der Waals surface area contributed by atoms with E-state index in [2.05, 4.69) is 5.32 Å². The highest BCUT2D eigenvalue weighted by molar-refractivity contribution is 5.85. The van der Waals surface area contributed by atoms with Gasteiger partial charge in [0.2, 0.25) is 5.91 Å². The Morgan fingerprint density at radius 3 is 2.20 bits per heavy atom. The van der Waals surface area contributed by atoms with E-state index in [0.29, 0.717) is 6.42 Å². The molecular weight excluding hydrogens is 262 g/mol. The topological polar surface area (TPSA) is 92.7 Å². The molecule has 1 unspecified atom stereocenters. The molecule has 0 aromatic heterocycles. The van der Waals surface area contributed by atoms with Gasteiger partial charge in [-0.15, -0.1) is 0 Å². The maximum Gasteiger partial charge on any atom is 0.326 e. The van der Waals surface area contributed by atoms with Crippen LogP contribution in [0.3, 0.4) is 0 Å². The number of carboxylic acids is 1. The van der Waals surface area contributed by atoms with Gasteiger partial charge in [-0.05, 0) is 33.6 Å². The minimum atomic E-state index is -1.15. The predicted octanol–water partition coefficient (Wildman–Crippen LogP) is 1.72. The van der Waals surface area contributed by atoms with Crippen LogP contribution in [0.1, 0.15) is 53.9 Å². The number of aliphatic carboxylic acids is 1. The summed E-state index contributed by atoms with van der Waals surface area (Å²) in [5.74, 6) is -2.19. The molecule has 0 radical (unpaired) electrons. The number of esters is 1. The van der Waals surface area contributed by atoms with Gasteiger partial charge < -0.3 is 15.2 Å². The Morgan fingerprint density at radius 1 is 1.25 bits per heavy atom. The highest BCUT2D eigenvalue weighted by Crippen LogP contribution is 2.10. The molecule has 0 saturated heterocycles. The second-order valence-corrected chi connectivity index (χ2v) is 5.83. The number of ether oxygens (including phenoxy) is 1. The summed E-state index contributed by atoms with van der Waals surface area (Å²) < 4.78 is 5.10. The average molecular weight is 287 g/mol. The first-order chi connectivity index (χ1) is 9.06. The molecule has 0 aromatic carbocycles. The first-order valence-corrected chi connectivity index (χ1v) is 6.81. The molecule has 0 heterocycles. The van der Waals surface area contributed by atoms with Gasteiger partial charge in [0.1, 0.15) is 11.6 Å². The molecule has 2 N–H and O–H groups in total. The fourth-order valence-corrected chi connectivity index (χ4v) is 1.41. The van der Waals surface area contributed by atoms with E-state index in [-0.39, 0.29) is 24.7 Å². The Kier molecular flexibility index (Phi) is 7.24. The van der Waals surface area contributed by atoms with Crippen molar-refractivity contribution in [1.29, 1.82) is 0 Å². The molecule has 0 rings (SSSR count). The Morgan fingerprint density at radius 2 is 1.80 bits per heavy atom. The van der Waals surface area contributed by atoms with Crippen molar-refractivity contribution >= 4 is 17.8 Å². The molecule has 0 saturated carbocycles. The van der Waals surface area contributed by atoms with Crippen LogP contribution >= 0.6 is 0 Å². The van der Waals surface area contributed by atoms with E-state index >= 15 is 0 Å². The van der Waals surface area contributed by atoms with Gasteiger partial charge in [-0.3, -0.25) is 9.59 Å². The Labute approximate surface area is 119 Å².